The van der Waals surface area contributed by atoms with Crippen molar-refractivity contribution in [2.75, 3.05) is 26.2 Å². The zero-order chi connectivity index (χ0) is 34.1. The van der Waals surface area contributed by atoms with Gasteiger partial charge in [-0.05, 0) is 88.1 Å². The van der Waals surface area contributed by atoms with Crippen LogP contribution < -0.4 is 10.6 Å². The molecule has 2 amide bonds. The fourth-order valence-corrected chi connectivity index (χ4v) is 8.40. The normalized spacial score (nSPS) is 20.1. The molecule has 0 aliphatic carbocycles. The van der Waals surface area contributed by atoms with Crippen molar-refractivity contribution in [3.05, 3.63) is 60.2 Å². The largest absolute Gasteiger partial charge is 0.392 e. The van der Waals surface area contributed by atoms with Crippen molar-refractivity contribution in [1.82, 2.24) is 19.2 Å². The van der Waals surface area contributed by atoms with Gasteiger partial charge < -0.3 is 15.7 Å². The second-order valence-corrected chi connectivity index (χ2v) is 15.0. The number of sulfonamides is 2. The minimum Gasteiger partial charge on any atom is -0.392 e. The number of carbonyl (C=O) groups is 3. The molecule has 2 saturated heterocycles. The third-order valence-corrected chi connectivity index (χ3v) is 11.3. The summed E-state index contributed by atoms with van der Waals surface area (Å²) < 4.78 is 79.2. The number of hydrogen-bond donors (Lipinski definition) is 3. The Hall–Kier alpha value is -3.31. The number of amides is 2. The molecule has 3 N–H and O–H groups in total. The molecule has 2 aliphatic heterocycles. The Morgan fingerprint density at radius 3 is 1.52 bits per heavy atom. The smallest absolute Gasteiger partial charge is 0.243 e. The first kappa shape index (κ1) is 37.2. The topological polar surface area (TPSA) is 170 Å². The number of aliphatic hydroxyl groups is 1. The van der Waals surface area contributed by atoms with E-state index in [4.69, 9.17) is 0 Å². The molecule has 2 fully saturated rings. The van der Waals surface area contributed by atoms with Gasteiger partial charge in [0.25, 0.3) is 0 Å². The van der Waals surface area contributed by atoms with Gasteiger partial charge in [0.1, 0.15) is 29.5 Å². The lowest BCUT2D eigenvalue weighted by molar-refractivity contribution is -0.128. The van der Waals surface area contributed by atoms with Crippen LogP contribution in [0.4, 0.5) is 8.78 Å². The number of rotatable bonds is 10. The molecule has 2 heterocycles. The van der Waals surface area contributed by atoms with E-state index >= 15 is 0 Å². The standard InChI is InChI=1S/C15H21FN2O4S.C15H19FN2O4S/c2*1-11(19)10-17-15(20)14-4-2-3-9-18(14)23(21,22)13-7-5-12(16)6-8-13/h5-8,11,14,19H,2-4,9-10H2,1H3,(H,17,20);5-8,14H,2-4,9-10H2,1H3,(H,17,20)/t11?,14-;14-/m00/s1. The summed E-state index contributed by atoms with van der Waals surface area (Å²) in [5.41, 5.74) is 0. The first-order chi connectivity index (χ1) is 21.6. The van der Waals surface area contributed by atoms with Gasteiger partial charge >= 0.3 is 0 Å². The van der Waals surface area contributed by atoms with Crippen molar-refractivity contribution in [1.29, 1.82) is 0 Å². The summed E-state index contributed by atoms with van der Waals surface area (Å²) in [5, 5.41) is 14.3. The van der Waals surface area contributed by atoms with Crippen LogP contribution in [0.15, 0.2) is 58.3 Å². The highest BCUT2D eigenvalue weighted by Crippen LogP contribution is 2.27. The van der Waals surface area contributed by atoms with E-state index in [9.17, 15) is 45.1 Å². The van der Waals surface area contributed by atoms with Gasteiger partial charge in [-0.3, -0.25) is 14.4 Å². The minimum absolute atomic E-state index is 0.0332. The fraction of sp³-hybridized carbons (Fsp3) is 0.500. The van der Waals surface area contributed by atoms with Gasteiger partial charge in [-0.15, -0.1) is 0 Å². The van der Waals surface area contributed by atoms with Crippen LogP contribution in [0, 0.1) is 11.6 Å². The van der Waals surface area contributed by atoms with Crippen molar-refractivity contribution in [2.24, 2.45) is 0 Å². The highest BCUT2D eigenvalue weighted by Gasteiger charge is 2.38. The Bertz CT molecular complexity index is 1570. The number of ketones is 1. The maximum Gasteiger partial charge on any atom is 0.243 e. The van der Waals surface area contributed by atoms with E-state index in [-0.39, 0.29) is 41.8 Å². The summed E-state index contributed by atoms with van der Waals surface area (Å²) >= 11 is 0. The fourth-order valence-electron chi connectivity index (χ4n) is 5.09. The number of halogens is 2. The first-order valence-electron chi connectivity index (χ1n) is 14.9. The van der Waals surface area contributed by atoms with Gasteiger partial charge in [0.2, 0.25) is 31.9 Å². The molecule has 2 aromatic carbocycles. The van der Waals surface area contributed by atoms with Crippen LogP contribution in [0.25, 0.3) is 0 Å². The molecule has 0 radical (unpaired) electrons. The van der Waals surface area contributed by atoms with Crippen LogP contribution in [0.5, 0.6) is 0 Å². The van der Waals surface area contributed by atoms with E-state index in [1.807, 2.05) is 0 Å². The third-order valence-electron chi connectivity index (χ3n) is 7.44. The summed E-state index contributed by atoms with van der Waals surface area (Å²) in [6.45, 7) is 3.28. The van der Waals surface area contributed by atoms with Gasteiger partial charge in [0.05, 0.1) is 22.4 Å². The van der Waals surface area contributed by atoms with Crippen molar-refractivity contribution < 1.29 is 45.1 Å². The number of piperidine rings is 2. The van der Waals surface area contributed by atoms with Crippen LogP contribution in [-0.2, 0) is 34.4 Å². The highest BCUT2D eigenvalue weighted by atomic mass is 32.2. The SMILES string of the molecule is CC(=O)CNC(=O)[C@@H]1CCCCN1S(=O)(=O)c1ccc(F)cc1.CC(O)CNC(=O)[C@@H]1CCCCN1S(=O)(=O)c1ccc(F)cc1. The predicted molar refractivity (Wildman–Crippen MR) is 164 cm³/mol. The monoisotopic (exact) mass is 686 g/mol. The molecule has 254 valence electrons. The van der Waals surface area contributed by atoms with Crippen molar-refractivity contribution in [2.45, 2.75) is 80.4 Å². The Morgan fingerprint density at radius 2 is 1.15 bits per heavy atom. The lowest BCUT2D eigenvalue weighted by Crippen LogP contribution is -2.52. The number of aliphatic hydroxyl groups excluding tert-OH is 1. The Morgan fingerprint density at radius 1 is 0.761 bits per heavy atom. The number of nitrogens with one attached hydrogen (secondary N) is 2. The van der Waals surface area contributed by atoms with Gasteiger partial charge in [-0.1, -0.05) is 12.8 Å². The molecule has 4 rings (SSSR count). The second kappa shape index (κ2) is 16.5. The molecule has 12 nitrogen and oxygen atoms in total. The van der Waals surface area contributed by atoms with Crippen LogP contribution in [0.3, 0.4) is 0 Å². The molecule has 3 atom stereocenters. The number of carbonyl (C=O) groups excluding carboxylic acids is 3. The van der Waals surface area contributed by atoms with E-state index in [2.05, 4.69) is 10.6 Å². The predicted octanol–water partition coefficient (Wildman–Crippen LogP) is 1.94. The van der Waals surface area contributed by atoms with E-state index in [0.29, 0.717) is 25.7 Å². The molecular formula is C30H40F2N4O8S2. The van der Waals surface area contributed by atoms with Gasteiger partial charge in [0.15, 0.2) is 0 Å². The van der Waals surface area contributed by atoms with Gasteiger partial charge in [0, 0.05) is 19.6 Å². The lowest BCUT2D eigenvalue weighted by Gasteiger charge is -2.33. The number of benzene rings is 2. The van der Waals surface area contributed by atoms with Crippen molar-refractivity contribution >= 4 is 37.6 Å². The molecule has 16 heteroatoms. The average molecular weight is 687 g/mol. The summed E-state index contributed by atoms with van der Waals surface area (Å²) in [6.07, 6.45) is 2.91. The maximum absolute atomic E-state index is 13.0. The number of Topliss-reactive ketones (excluding diaryl/α,β-unsaturated/α-hetero) is 1. The average Bonchev–Trinajstić information content (AvgIpc) is 3.03. The van der Waals surface area contributed by atoms with E-state index in [0.717, 1.165) is 41.4 Å². The van der Waals surface area contributed by atoms with Crippen LogP contribution in [-0.4, -0.2) is 92.5 Å². The molecule has 1 unspecified atom stereocenters. The molecule has 0 bridgehead atoms. The Balaban J connectivity index is 0.000000250. The maximum atomic E-state index is 13.0. The first-order valence-corrected chi connectivity index (χ1v) is 17.8. The molecule has 0 saturated carbocycles. The second-order valence-electron chi connectivity index (χ2n) is 11.2. The number of nitrogens with zero attached hydrogens (tertiary/aromatic N) is 2. The van der Waals surface area contributed by atoms with Crippen LogP contribution >= 0.6 is 0 Å². The van der Waals surface area contributed by atoms with Crippen molar-refractivity contribution in [3.63, 3.8) is 0 Å². The van der Waals surface area contributed by atoms with Gasteiger partial charge in [-0.2, -0.15) is 8.61 Å². The van der Waals surface area contributed by atoms with Gasteiger partial charge in [-0.25, -0.2) is 25.6 Å². The van der Waals surface area contributed by atoms with Crippen molar-refractivity contribution in [3.8, 4) is 0 Å². The summed E-state index contributed by atoms with van der Waals surface area (Å²) in [4.78, 5) is 35.4. The van der Waals surface area contributed by atoms with Crippen LogP contribution in [0.1, 0.15) is 52.4 Å². The third kappa shape index (κ3) is 9.84. The van der Waals surface area contributed by atoms with E-state index in [1.165, 1.54) is 42.4 Å². The molecule has 0 spiro atoms. The molecule has 46 heavy (non-hydrogen) atoms. The summed E-state index contributed by atoms with van der Waals surface area (Å²) in [5.74, 6) is -2.16. The van der Waals surface area contributed by atoms with E-state index < -0.39 is 61.7 Å². The molecule has 0 aromatic heterocycles. The Labute approximate surface area is 268 Å². The highest BCUT2D eigenvalue weighted by molar-refractivity contribution is 7.89. The minimum atomic E-state index is -3.89. The molecule has 2 aliphatic rings. The Kier molecular flexibility index (Phi) is 13.3. The number of hydrogen-bond acceptors (Lipinski definition) is 8. The zero-order valence-electron chi connectivity index (χ0n) is 25.7. The van der Waals surface area contributed by atoms with Crippen LogP contribution in [0.2, 0.25) is 0 Å². The van der Waals surface area contributed by atoms with E-state index in [1.54, 1.807) is 0 Å². The summed E-state index contributed by atoms with van der Waals surface area (Å²) in [7, 11) is -7.76. The summed E-state index contributed by atoms with van der Waals surface area (Å²) in [6, 6.07) is 7.42. The molecular weight excluding hydrogens is 646 g/mol. The lowest BCUT2D eigenvalue weighted by atomic mass is 10.0. The zero-order valence-corrected chi connectivity index (χ0v) is 27.3. The quantitative estimate of drug-likeness (QED) is 0.341. The molecule has 2 aromatic rings.